The van der Waals surface area contributed by atoms with E-state index in [4.69, 9.17) is 9.47 Å². The van der Waals surface area contributed by atoms with Gasteiger partial charge in [-0.1, -0.05) is 25.1 Å². The third-order valence-electron chi connectivity index (χ3n) is 6.75. The van der Waals surface area contributed by atoms with E-state index in [-0.39, 0.29) is 11.8 Å². The van der Waals surface area contributed by atoms with Gasteiger partial charge in [0.05, 0.1) is 25.6 Å². The van der Waals surface area contributed by atoms with Crippen LogP contribution >= 0.6 is 0 Å². The summed E-state index contributed by atoms with van der Waals surface area (Å²) in [6, 6.07) is 17.9. The number of aromatic amines is 1. The zero-order chi connectivity index (χ0) is 25.2. The molecule has 0 spiro atoms. The normalized spacial score (nSPS) is 14.7. The van der Waals surface area contributed by atoms with Crippen molar-refractivity contribution < 1.29 is 19.1 Å². The quantitative estimate of drug-likeness (QED) is 0.322. The first-order chi connectivity index (χ1) is 17.5. The number of aromatic nitrogens is 1. The maximum Gasteiger partial charge on any atom is 0.255 e. The van der Waals surface area contributed by atoms with Gasteiger partial charge in [-0.05, 0) is 61.1 Å². The van der Waals surface area contributed by atoms with Crippen LogP contribution in [0.5, 0.6) is 11.5 Å². The number of rotatable bonds is 6. The van der Waals surface area contributed by atoms with Crippen molar-refractivity contribution in [1.82, 2.24) is 4.98 Å². The van der Waals surface area contributed by atoms with Crippen molar-refractivity contribution in [3.05, 3.63) is 83.0 Å². The van der Waals surface area contributed by atoms with Gasteiger partial charge in [-0.25, -0.2) is 0 Å². The van der Waals surface area contributed by atoms with Crippen LogP contribution in [0.4, 0.5) is 11.4 Å². The van der Waals surface area contributed by atoms with Crippen LogP contribution in [0.15, 0.2) is 60.7 Å². The van der Waals surface area contributed by atoms with E-state index in [1.807, 2.05) is 24.3 Å². The Morgan fingerprint density at radius 3 is 2.14 bits per heavy atom. The number of fused-ring (bicyclic) bond motifs is 3. The molecule has 3 aromatic carbocycles. The number of anilines is 2. The molecule has 1 atom stereocenters. The Morgan fingerprint density at radius 2 is 1.50 bits per heavy atom. The van der Waals surface area contributed by atoms with Crippen LogP contribution in [0.2, 0.25) is 0 Å². The Morgan fingerprint density at radius 1 is 0.861 bits per heavy atom. The molecule has 1 heterocycles. The zero-order valence-electron chi connectivity index (χ0n) is 20.6. The van der Waals surface area contributed by atoms with E-state index in [9.17, 15) is 9.59 Å². The first kappa shape index (κ1) is 23.5. The van der Waals surface area contributed by atoms with Gasteiger partial charge < -0.3 is 25.1 Å². The van der Waals surface area contributed by atoms with Crippen LogP contribution < -0.4 is 20.1 Å². The molecule has 1 aromatic heterocycles. The molecule has 3 N–H and O–H groups in total. The van der Waals surface area contributed by atoms with E-state index in [1.54, 1.807) is 36.4 Å². The number of benzene rings is 3. The van der Waals surface area contributed by atoms with E-state index in [0.29, 0.717) is 39.9 Å². The maximum atomic E-state index is 13.2. The predicted molar refractivity (Wildman–Crippen MR) is 141 cm³/mol. The summed E-state index contributed by atoms with van der Waals surface area (Å²) in [5.41, 5.74) is 5.62. The van der Waals surface area contributed by atoms with Crippen LogP contribution in [0.1, 0.15) is 45.3 Å². The summed E-state index contributed by atoms with van der Waals surface area (Å²) in [4.78, 5) is 29.4. The highest BCUT2D eigenvalue weighted by Gasteiger charge is 2.21. The molecule has 5 rings (SSSR count). The second kappa shape index (κ2) is 9.77. The Balaban J connectivity index is 1.41. The average molecular weight is 484 g/mol. The number of carbonyl (C=O) groups is 2. The first-order valence-corrected chi connectivity index (χ1v) is 12.0. The summed E-state index contributed by atoms with van der Waals surface area (Å²) in [5, 5.41) is 6.90. The van der Waals surface area contributed by atoms with E-state index in [0.717, 1.165) is 23.7 Å². The van der Waals surface area contributed by atoms with Crippen LogP contribution in [-0.4, -0.2) is 31.0 Å². The van der Waals surface area contributed by atoms with E-state index >= 15 is 0 Å². The molecule has 1 aliphatic rings. The summed E-state index contributed by atoms with van der Waals surface area (Å²) in [5.74, 6) is 0.912. The minimum Gasteiger partial charge on any atom is -0.494 e. The molecule has 1 unspecified atom stereocenters. The highest BCUT2D eigenvalue weighted by atomic mass is 16.5. The molecule has 0 saturated heterocycles. The third kappa shape index (κ3) is 4.52. The summed E-state index contributed by atoms with van der Waals surface area (Å²) >= 11 is 0. The van der Waals surface area contributed by atoms with Gasteiger partial charge in [0.25, 0.3) is 11.8 Å². The fourth-order valence-electron chi connectivity index (χ4n) is 4.80. The second-order valence-corrected chi connectivity index (χ2v) is 9.22. The number of aryl methyl sites for hydroxylation is 1. The summed E-state index contributed by atoms with van der Waals surface area (Å²) < 4.78 is 11.0. The number of ether oxygens (including phenoxy) is 2. The van der Waals surface area contributed by atoms with E-state index in [2.05, 4.69) is 22.5 Å². The molecule has 2 amide bonds. The van der Waals surface area contributed by atoms with Crippen LogP contribution in [0.3, 0.4) is 0 Å². The summed E-state index contributed by atoms with van der Waals surface area (Å²) in [6.07, 6.45) is 3.23. The number of methoxy groups -OCH3 is 2. The molecule has 0 bridgehead atoms. The van der Waals surface area contributed by atoms with Gasteiger partial charge in [0.2, 0.25) is 0 Å². The summed E-state index contributed by atoms with van der Waals surface area (Å²) in [7, 11) is 3.02. The van der Waals surface area contributed by atoms with Crippen molar-refractivity contribution >= 4 is 34.1 Å². The maximum absolute atomic E-state index is 13.2. The Hall–Kier alpha value is -4.26. The lowest BCUT2D eigenvalue weighted by molar-refractivity contribution is 0.101. The first-order valence-electron chi connectivity index (χ1n) is 12.0. The minimum atomic E-state index is -0.273. The van der Waals surface area contributed by atoms with Crippen molar-refractivity contribution in [3.63, 3.8) is 0 Å². The van der Waals surface area contributed by atoms with Crippen LogP contribution in [0.25, 0.3) is 10.9 Å². The predicted octanol–water partition coefficient (Wildman–Crippen LogP) is 5.81. The van der Waals surface area contributed by atoms with E-state index in [1.165, 1.54) is 31.9 Å². The summed E-state index contributed by atoms with van der Waals surface area (Å²) in [6.45, 7) is 2.27. The number of carbonyl (C=O) groups excluding carboxylic acids is 2. The van der Waals surface area contributed by atoms with Gasteiger partial charge >= 0.3 is 0 Å². The highest BCUT2D eigenvalue weighted by molar-refractivity contribution is 6.08. The van der Waals surface area contributed by atoms with Crippen LogP contribution in [0, 0.1) is 5.92 Å². The zero-order valence-corrected chi connectivity index (χ0v) is 20.6. The smallest absolute Gasteiger partial charge is 0.255 e. The van der Waals surface area contributed by atoms with Crippen molar-refractivity contribution in [2.75, 3.05) is 24.9 Å². The lowest BCUT2D eigenvalue weighted by atomic mass is 9.87. The molecule has 0 fully saturated rings. The molecule has 1 aliphatic carbocycles. The monoisotopic (exact) mass is 483 g/mol. The molecular formula is C29H29N3O4. The van der Waals surface area contributed by atoms with Crippen molar-refractivity contribution in [3.8, 4) is 11.5 Å². The van der Waals surface area contributed by atoms with Gasteiger partial charge in [0.1, 0.15) is 11.5 Å². The number of amides is 2. The van der Waals surface area contributed by atoms with Gasteiger partial charge in [0, 0.05) is 39.9 Å². The minimum absolute atomic E-state index is 0.253. The molecule has 0 aliphatic heterocycles. The molecule has 4 aromatic rings. The number of H-pyrrole nitrogens is 1. The fraction of sp³-hybridized carbons (Fsp3) is 0.241. The Bertz CT molecular complexity index is 1440. The second-order valence-electron chi connectivity index (χ2n) is 9.22. The SMILES string of the molecule is COc1cc(NC(=O)c2ccc3[nH]c4c(c3c2)CC(C)CC4)c(OC)cc1NC(=O)c1ccccc1. The molecule has 7 heteroatoms. The number of nitrogens with one attached hydrogen (secondary N) is 3. The molecule has 36 heavy (non-hydrogen) atoms. The van der Waals surface area contributed by atoms with Gasteiger partial charge in [-0.15, -0.1) is 0 Å². The fourth-order valence-corrected chi connectivity index (χ4v) is 4.80. The lowest BCUT2D eigenvalue weighted by Gasteiger charge is -2.18. The lowest BCUT2D eigenvalue weighted by Crippen LogP contribution is -2.15. The molecule has 7 nitrogen and oxygen atoms in total. The van der Waals surface area contributed by atoms with Crippen LogP contribution in [-0.2, 0) is 12.8 Å². The van der Waals surface area contributed by atoms with Crippen molar-refractivity contribution in [2.24, 2.45) is 5.92 Å². The molecule has 0 saturated carbocycles. The Kier molecular flexibility index (Phi) is 6.38. The van der Waals surface area contributed by atoms with Gasteiger partial charge in [-0.3, -0.25) is 9.59 Å². The largest absolute Gasteiger partial charge is 0.494 e. The third-order valence-corrected chi connectivity index (χ3v) is 6.75. The van der Waals surface area contributed by atoms with Gasteiger partial charge in [0.15, 0.2) is 0 Å². The number of hydrogen-bond acceptors (Lipinski definition) is 4. The highest BCUT2D eigenvalue weighted by Crippen LogP contribution is 2.37. The van der Waals surface area contributed by atoms with Crippen molar-refractivity contribution in [2.45, 2.75) is 26.2 Å². The molecule has 0 radical (unpaired) electrons. The standard InChI is InChI=1S/C29H29N3O4/c1-17-9-11-22-20(13-17)21-14-19(10-12-23(21)30-22)29(34)32-25-16-26(35-2)24(15-27(25)36-3)31-28(33)18-7-5-4-6-8-18/h4-8,10,12,14-17,30H,9,11,13H2,1-3H3,(H,31,33)(H,32,34). The van der Waals surface area contributed by atoms with E-state index < -0.39 is 0 Å². The molecular weight excluding hydrogens is 454 g/mol. The molecule has 184 valence electrons. The Labute approximate surface area is 209 Å². The van der Waals surface area contributed by atoms with Crippen molar-refractivity contribution in [1.29, 1.82) is 0 Å². The van der Waals surface area contributed by atoms with Gasteiger partial charge in [-0.2, -0.15) is 0 Å². The number of hydrogen-bond donors (Lipinski definition) is 3. The topological polar surface area (TPSA) is 92.4 Å². The average Bonchev–Trinajstić information content (AvgIpc) is 3.26.